The molecule has 3 N–H and O–H groups in total. The van der Waals surface area contributed by atoms with E-state index in [1.54, 1.807) is 56.8 Å². The zero-order valence-electron chi connectivity index (χ0n) is 23.0. The number of hydrogen-bond acceptors (Lipinski definition) is 7. The second kappa shape index (κ2) is 14.0. The van der Waals surface area contributed by atoms with E-state index in [4.69, 9.17) is 14.2 Å². The summed E-state index contributed by atoms with van der Waals surface area (Å²) in [6.45, 7) is 3.83. The molecule has 0 saturated heterocycles. The molecule has 0 saturated carbocycles. The molecule has 2 amide bonds. The lowest BCUT2D eigenvalue weighted by Gasteiger charge is -2.13. The van der Waals surface area contributed by atoms with Crippen molar-refractivity contribution in [1.82, 2.24) is 10.3 Å². The second-order valence-corrected chi connectivity index (χ2v) is 9.16. The average Bonchev–Trinajstić information content (AvgIpc) is 2.96. The van der Waals surface area contributed by atoms with E-state index in [0.717, 1.165) is 36.9 Å². The van der Waals surface area contributed by atoms with E-state index in [9.17, 15) is 9.59 Å². The van der Waals surface area contributed by atoms with Crippen molar-refractivity contribution in [3.05, 3.63) is 78.5 Å². The molecule has 208 valence electrons. The van der Waals surface area contributed by atoms with Gasteiger partial charge in [-0.05, 0) is 67.1 Å². The highest BCUT2D eigenvalue weighted by Gasteiger charge is 2.13. The standard InChI is InChI=1S/C31H34N4O5/c1-4-5-14-32-20-21-7-6-8-23(16-21)35-31(37)19-30(36)34-22-9-11-24(12-10-22)40-27-13-15-33-26-18-29(39-3)28(38-2)17-25(26)27/h6-13,15-18,32H,4-5,14,19-20H2,1-3H3,(H,34,36)(H,35,37). The summed E-state index contributed by atoms with van der Waals surface area (Å²) < 4.78 is 16.9. The summed E-state index contributed by atoms with van der Waals surface area (Å²) in [5.41, 5.74) is 2.98. The summed E-state index contributed by atoms with van der Waals surface area (Å²) in [4.78, 5) is 29.3. The maximum absolute atomic E-state index is 12.5. The van der Waals surface area contributed by atoms with Crippen LogP contribution < -0.4 is 30.2 Å². The van der Waals surface area contributed by atoms with Crippen molar-refractivity contribution < 1.29 is 23.8 Å². The number of carbonyl (C=O) groups is 2. The minimum absolute atomic E-state index is 0.300. The van der Waals surface area contributed by atoms with Crippen molar-refractivity contribution in [3.63, 3.8) is 0 Å². The Kier molecular flexibility index (Phi) is 9.90. The molecule has 0 unspecified atom stereocenters. The number of ether oxygens (including phenoxy) is 3. The number of pyridine rings is 1. The predicted octanol–water partition coefficient (Wildman–Crippen LogP) is 5.90. The summed E-state index contributed by atoms with van der Waals surface area (Å²) in [5, 5.41) is 9.69. The van der Waals surface area contributed by atoms with Crippen LogP contribution in [-0.2, 0) is 16.1 Å². The molecule has 0 aliphatic heterocycles. The molecule has 0 aliphatic carbocycles. The van der Waals surface area contributed by atoms with E-state index in [1.165, 1.54) is 0 Å². The second-order valence-electron chi connectivity index (χ2n) is 9.16. The van der Waals surface area contributed by atoms with Gasteiger partial charge in [0.05, 0.1) is 19.7 Å². The van der Waals surface area contributed by atoms with Crippen LogP contribution in [0.4, 0.5) is 11.4 Å². The molecule has 1 aromatic heterocycles. The Morgan fingerprint density at radius 3 is 2.27 bits per heavy atom. The molecule has 0 bridgehead atoms. The van der Waals surface area contributed by atoms with Crippen LogP contribution in [0.2, 0.25) is 0 Å². The zero-order valence-corrected chi connectivity index (χ0v) is 23.0. The fourth-order valence-corrected chi connectivity index (χ4v) is 4.12. The van der Waals surface area contributed by atoms with Crippen LogP contribution in [0.25, 0.3) is 10.9 Å². The van der Waals surface area contributed by atoms with Gasteiger partial charge in [0.25, 0.3) is 0 Å². The summed E-state index contributed by atoms with van der Waals surface area (Å²) >= 11 is 0. The third-order valence-corrected chi connectivity index (χ3v) is 6.14. The van der Waals surface area contributed by atoms with Crippen molar-refractivity contribution in [1.29, 1.82) is 0 Å². The van der Waals surface area contributed by atoms with E-state index < -0.39 is 5.91 Å². The van der Waals surface area contributed by atoms with Gasteiger partial charge in [-0.15, -0.1) is 0 Å². The molecule has 4 rings (SSSR count). The molecule has 0 fully saturated rings. The number of hydrogen-bond donors (Lipinski definition) is 3. The van der Waals surface area contributed by atoms with Gasteiger partial charge in [0.2, 0.25) is 11.8 Å². The Hall–Kier alpha value is -4.63. The molecule has 0 radical (unpaired) electrons. The van der Waals surface area contributed by atoms with Gasteiger partial charge in [-0.2, -0.15) is 0 Å². The molecule has 4 aromatic rings. The molecule has 40 heavy (non-hydrogen) atoms. The number of nitrogens with zero attached hydrogens (tertiary/aromatic N) is 1. The van der Waals surface area contributed by atoms with Crippen LogP contribution in [0.5, 0.6) is 23.0 Å². The lowest BCUT2D eigenvalue weighted by Crippen LogP contribution is -2.21. The Morgan fingerprint density at radius 1 is 0.825 bits per heavy atom. The largest absolute Gasteiger partial charge is 0.493 e. The highest BCUT2D eigenvalue weighted by atomic mass is 16.5. The molecular formula is C31H34N4O5. The van der Waals surface area contributed by atoms with Crippen molar-refractivity contribution in [3.8, 4) is 23.0 Å². The minimum Gasteiger partial charge on any atom is -0.493 e. The molecule has 9 heteroatoms. The van der Waals surface area contributed by atoms with Crippen molar-refractivity contribution >= 4 is 34.1 Å². The lowest BCUT2D eigenvalue weighted by molar-refractivity contribution is -0.123. The number of amides is 2. The summed E-state index contributed by atoms with van der Waals surface area (Å²) in [5.74, 6) is 1.52. The summed E-state index contributed by atoms with van der Waals surface area (Å²) in [6.07, 6.45) is 3.61. The quantitative estimate of drug-likeness (QED) is 0.142. The normalized spacial score (nSPS) is 10.7. The molecule has 9 nitrogen and oxygen atoms in total. The third kappa shape index (κ3) is 7.70. The number of carbonyl (C=O) groups excluding carboxylic acids is 2. The molecule has 0 spiro atoms. The van der Waals surface area contributed by atoms with Gasteiger partial charge in [-0.3, -0.25) is 14.6 Å². The van der Waals surface area contributed by atoms with E-state index in [0.29, 0.717) is 39.9 Å². The zero-order chi connectivity index (χ0) is 28.3. The molecule has 0 aliphatic rings. The first-order valence-electron chi connectivity index (χ1n) is 13.2. The van der Waals surface area contributed by atoms with Gasteiger partial charge in [0.1, 0.15) is 17.9 Å². The number of nitrogens with one attached hydrogen (secondary N) is 3. The monoisotopic (exact) mass is 542 g/mol. The first-order valence-corrected chi connectivity index (χ1v) is 13.2. The van der Waals surface area contributed by atoms with Gasteiger partial charge in [-0.25, -0.2) is 0 Å². The van der Waals surface area contributed by atoms with Crippen LogP contribution in [0.1, 0.15) is 31.7 Å². The lowest BCUT2D eigenvalue weighted by atomic mass is 10.2. The number of fused-ring (bicyclic) bond motifs is 1. The summed E-state index contributed by atoms with van der Waals surface area (Å²) in [6, 6.07) is 19.9. The number of unbranched alkanes of at least 4 members (excludes halogenated alkanes) is 1. The Labute approximate surface area is 233 Å². The molecule has 3 aromatic carbocycles. The Balaban J connectivity index is 1.32. The first kappa shape index (κ1) is 28.4. The molecule has 0 atom stereocenters. The Bertz CT molecular complexity index is 1460. The fourth-order valence-electron chi connectivity index (χ4n) is 4.12. The molecule has 1 heterocycles. The first-order chi connectivity index (χ1) is 19.5. The highest BCUT2D eigenvalue weighted by Crippen LogP contribution is 2.37. The van der Waals surface area contributed by atoms with E-state index in [2.05, 4.69) is 27.9 Å². The van der Waals surface area contributed by atoms with Gasteiger partial charge in [0, 0.05) is 35.6 Å². The van der Waals surface area contributed by atoms with E-state index in [1.807, 2.05) is 30.3 Å². The number of benzene rings is 3. The van der Waals surface area contributed by atoms with Crippen LogP contribution in [-0.4, -0.2) is 37.6 Å². The van der Waals surface area contributed by atoms with Gasteiger partial charge >= 0.3 is 0 Å². The number of methoxy groups -OCH3 is 2. The maximum atomic E-state index is 12.5. The van der Waals surface area contributed by atoms with Gasteiger partial charge < -0.3 is 30.2 Å². The van der Waals surface area contributed by atoms with Crippen molar-refractivity contribution in [2.45, 2.75) is 32.7 Å². The molecular weight excluding hydrogens is 508 g/mol. The SMILES string of the molecule is CCCCNCc1cccc(NC(=O)CC(=O)Nc2ccc(Oc3ccnc4cc(OC)c(OC)cc34)cc2)c1. The predicted molar refractivity (Wildman–Crippen MR) is 156 cm³/mol. The van der Waals surface area contributed by atoms with Gasteiger partial charge in [-0.1, -0.05) is 25.5 Å². The van der Waals surface area contributed by atoms with Crippen LogP contribution in [0, 0.1) is 0 Å². The Morgan fingerprint density at radius 2 is 1.55 bits per heavy atom. The number of rotatable bonds is 13. The maximum Gasteiger partial charge on any atom is 0.233 e. The minimum atomic E-state index is -0.412. The van der Waals surface area contributed by atoms with Crippen molar-refractivity contribution in [2.24, 2.45) is 0 Å². The van der Waals surface area contributed by atoms with E-state index in [-0.39, 0.29) is 12.3 Å². The van der Waals surface area contributed by atoms with Crippen LogP contribution in [0.3, 0.4) is 0 Å². The van der Waals surface area contributed by atoms with Crippen LogP contribution >= 0.6 is 0 Å². The highest BCUT2D eigenvalue weighted by molar-refractivity contribution is 6.08. The average molecular weight is 543 g/mol. The number of anilines is 2. The number of aromatic nitrogens is 1. The topological polar surface area (TPSA) is 111 Å². The van der Waals surface area contributed by atoms with Gasteiger partial charge in [0.15, 0.2) is 11.5 Å². The fraction of sp³-hybridized carbons (Fsp3) is 0.258. The third-order valence-electron chi connectivity index (χ3n) is 6.14. The van der Waals surface area contributed by atoms with E-state index >= 15 is 0 Å². The van der Waals surface area contributed by atoms with Crippen LogP contribution in [0.15, 0.2) is 72.9 Å². The summed E-state index contributed by atoms with van der Waals surface area (Å²) in [7, 11) is 3.15. The van der Waals surface area contributed by atoms with Crippen molar-refractivity contribution in [2.75, 3.05) is 31.4 Å². The smallest absolute Gasteiger partial charge is 0.233 e.